The Morgan fingerprint density at radius 3 is 2.69 bits per heavy atom. The molecule has 1 aliphatic rings. The minimum atomic E-state index is 0.252. The Morgan fingerprint density at radius 1 is 1.16 bits per heavy atom. The highest BCUT2D eigenvalue weighted by Gasteiger charge is 2.23. The molecule has 0 spiro atoms. The molecule has 0 aliphatic carbocycles. The zero-order chi connectivity index (χ0) is 22.2. The van der Waals surface area contributed by atoms with Gasteiger partial charge in [-0.3, -0.25) is 10.1 Å². The van der Waals surface area contributed by atoms with Gasteiger partial charge in [0.2, 0.25) is 0 Å². The van der Waals surface area contributed by atoms with Gasteiger partial charge in [-0.05, 0) is 68.0 Å². The van der Waals surface area contributed by atoms with Crippen molar-refractivity contribution >= 4 is 5.65 Å². The van der Waals surface area contributed by atoms with Gasteiger partial charge < -0.3 is 10.1 Å². The Bertz CT molecular complexity index is 1250. The van der Waals surface area contributed by atoms with Gasteiger partial charge in [0.1, 0.15) is 12.0 Å². The van der Waals surface area contributed by atoms with Crippen LogP contribution in [0, 0.1) is 6.92 Å². The van der Waals surface area contributed by atoms with Crippen molar-refractivity contribution in [1.29, 1.82) is 0 Å². The number of nitrogens with one attached hydrogen (secondary N) is 2. The van der Waals surface area contributed by atoms with Crippen LogP contribution < -0.4 is 10.1 Å². The molecule has 1 fully saturated rings. The maximum atomic E-state index is 5.55. The SMILES string of the molecule is COc1cc(-c2[nH]nc(-c3cc(C)c(C4CCNCC4)cn3)c2C(C)C)cn2ncnc12. The number of ether oxygens (including phenoxy) is 1. The van der Waals surface area contributed by atoms with E-state index in [1.807, 2.05) is 12.3 Å². The van der Waals surface area contributed by atoms with E-state index in [4.69, 9.17) is 14.8 Å². The fraction of sp³-hybridized carbons (Fsp3) is 0.417. The Balaban J connectivity index is 1.58. The molecular formula is C24H29N7O. The van der Waals surface area contributed by atoms with Crippen LogP contribution in [0.3, 0.4) is 0 Å². The van der Waals surface area contributed by atoms with Crippen LogP contribution in [0.1, 0.15) is 55.2 Å². The van der Waals surface area contributed by atoms with Gasteiger partial charge in [-0.15, -0.1) is 0 Å². The van der Waals surface area contributed by atoms with Crippen LogP contribution in [0.25, 0.3) is 28.3 Å². The lowest BCUT2D eigenvalue weighted by Gasteiger charge is -2.24. The smallest absolute Gasteiger partial charge is 0.197 e. The van der Waals surface area contributed by atoms with Crippen molar-refractivity contribution in [2.45, 2.75) is 45.4 Å². The number of pyridine rings is 2. The number of hydrogen-bond donors (Lipinski definition) is 2. The molecule has 166 valence electrons. The minimum Gasteiger partial charge on any atom is -0.493 e. The summed E-state index contributed by atoms with van der Waals surface area (Å²) in [4.78, 5) is 9.13. The molecule has 4 aromatic heterocycles. The van der Waals surface area contributed by atoms with Gasteiger partial charge in [-0.1, -0.05) is 13.8 Å². The summed E-state index contributed by atoms with van der Waals surface area (Å²) in [6.07, 6.45) is 7.87. The Morgan fingerprint density at radius 2 is 1.97 bits per heavy atom. The van der Waals surface area contributed by atoms with E-state index >= 15 is 0 Å². The predicted molar refractivity (Wildman–Crippen MR) is 124 cm³/mol. The molecule has 0 amide bonds. The number of fused-ring (bicyclic) bond motifs is 1. The lowest BCUT2D eigenvalue weighted by atomic mass is 9.88. The summed E-state index contributed by atoms with van der Waals surface area (Å²) >= 11 is 0. The highest BCUT2D eigenvalue weighted by atomic mass is 16.5. The molecule has 4 aromatic rings. The van der Waals surface area contributed by atoms with Gasteiger partial charge in [0.25, 0.3) is 0 Å². The van der Waals surface area contributed by atoms with Crippen LogP contribution >= 0.6 is 0 Å². The second-order valence-corrected chi connectivity index (χ2v) is 8.79. The molecule has 5 rings (SSSR count). The number of nitrogens with zero attached hydrogens (tertiary/aromatic N) is 5. The molecule has 1 saturated heterocycles. The number of aromatic nitrogens is 6. The molecule has 0 saturated carbocycles. The summed E-state index contributed by atoms with van der Waals surface area (Å²) in [5, 5.41) is 15.7. The molecule has 0 unspecified atom stereocenters. The van der Waals surface area contributed by atoms with Crippen LogP contribution in [0.15, 0.2) is 30.9 Å². The Hall–Kier alpha value is -3.26. The first kappa shape index (κ1) is 20.6. The first-order chi connectivity index (χ1) is 15.6. The second kappa shape index (κ2) is 8.35. The Labute approximate surface area is 187 Å². The zero-order valence-electron chi connectivity index (χ0n) is 19.0. The van der Waals surface area contributed by atoms with Crippen LogP contribution in [-0.2, 0) is 0 Å². The molecule has 8 nitrogen and oxygen atoms in total. The monoisotopic (exact) mass is 431 g/mol. The fourth-order valence-corrected chi connectivity index (χ4v) is 4.77. The normalized spacial score (nSPS) is 15.0. The van der Waals surface area contributed by atoms with Crippen LogP contribution in [0.4, 0.5) is 0 Å². The second-order valence-electron chi connectivity index (χ2n) is 8.79. The lowest BCUT2D eigenvalue weighted by molar-refractivity contribution is 0.416. The van der Waals surface area contributed by atoms with Crippen LogP contribution in [0.5, 0.6) is 5.75 Å². The van der Waals surface area contributed by atoms with Crippen molar-refractivity contribution in [3.05, 3.63) is 47.5 Å². The van der Waals surface area contributed by atoms with Gasteiger partial charge >= 0.3 is 0 Å². The number of aryl methyl sites for hydroxylation is 1. The third-order valence-corrected chi connectivity index (χ3v) is 6.40. The molecule has 2 N–H and O–H groups in total. The highest BCUT2D eigenvalue weighted by Crippen LogP contribution is 2.37. The lowest BCUT2D eigenvalue weighted by Crippen LogP contribution is -2.27. The van der Waals surface area contributed by atoms with E-state index in [2.05, 4.69) is 53.5 Å². The summed E-state index contributed by atoms with van der Waals surface area (Å²) in [5.41, 5.74) is 8.16. The highest BCUT2D eigenvalue weighted by molar-refractivity contribution is 5.75. The summed E-state index contributed by atoms with van der Waals surface area (Å²) in [6.45, 7) is 8.70. The average Bonchev–Trinajstić information content (AvgIpc) is 3.46. The number of H-pyrrole nitrogens is 1. The number of piperidine rings is 1. The molecule has 0 aromatic carbocycles. The summed E-state index contributed by atoms with van der Waals surface area (Å²) in [6, 6.07) is 4.16. The largest absolute Gasteiger partial charge is 0.493 e. The van der Waals surface area contributed by atoms with Gasteiger partial charge in [0.05, 0.1) is 18.5 Å². The third-order valence-electron chi connectivity index (χ3n) is 6.40. The van der Waals surface area contributed by atoms with E-state index in [0.717, 1.165) is 54.1 Å². The minimum absolute atomic E-state index is 0.252. The van der Waals surface area contributed by atoms with Crippen LogP contribution in [-0.4, -0.2) is 50.0 Å². The van der Waals surface area contributed by atoms with Gasteiger partial charge in [-0.25, -0.2) is 9.50 Å². The zero-order valence-corrected chi connectivity index (χ0v) is 19.0. The van der Waals surface area contributed by atoms with E-state index in [0.29, 0.717) is 17.3 Å². The van der Waals surface area contributed by atoms with E-state index < -0.39 is 0 Å². The van der Waals surface area contributed by atoms with E-state index in [1.165, 1.54) is 17.5 Å². The van der Waals surface area contributed by atoms with Crippen molar-refractivity contribution in [3.63, 3.8) is 0 Å². The summed E-state index contributed by atoms with van der Waals surface area (Å²) in [5.74, 6) is 1.51. The summed E-state index contributed by atoms with van der Waals surface area (Å²) in [7, 11) is 1.65. The molecule has 0 atom stereocenters. The molecule has 32 heavy (non-hydrogen) atoms. The molecule has 5 heterocycles. The molecule has 1 aliphatic heterocycles. The summed E-state index contributed by atoms with van der Waals surface area (Å²) < 4.78 is 7.28. The third kappa shape index (κ3) is 3.54. The van der Waals surface area contributed by atoms with Gasteiger partial charge in [0, 0.05) is 23.5 Å². The average molecular weight is 432 g/mol. The fourth-order valence-electron chi connectivity index (χ4n) is 4.77. The standard InChI is InChI=1S/C24H29N7O/c1-14(2)21-22(17-10-20(32-4)24-27-13-28-31(24)12-17)29-30-23(21)19-9-15(3)18(11-26-19)16-5-7-25-8-6-16/h9-14,16,25H,5-8H2,1-4H3,(H,29,30). The molecular weight excluding hydrogens is 402 g/mol. The van der Waals surface area contributed by atoms with Gasteiger partial charge in [0.15, 0.2) is 11.4 Å². The first-order valence-electron chi connectivity index (χ1n) is 11.2. The van der Waals surface area contributed by atoms with Gasteiger partial charge in [-0.2, -0.15) is 10.2 Å². The maximum Gasteiger partial charge on any atom is 0.197 e. The van der Waals surface area contributed by atoms with Crippen molar-refractivity contribution in [3.8, 4) is 28.4 Å². The molecule has 8 heteroatoms. The first-order valence-corrected chi connectivity index (χ1v) is 11.2. The van der Waals surface area contributed by atoms with E-state index in [9.17, 15) is 0 Å². The maximum absolute atomic E-state index is 5.55. The molecule has 0 bridgehead atoms. The van der Waals surface area contributed by atoms with E-state index in [1.54, 1.807) is 11.6 Å². The predicted octanol–water partition coefficient (Wildman–Crippen LogP) is 4.09. The quantitative estimate of drug-likeness (QED) is 0.494. The Kier molecular flexibility index (Phi) is 5.38. The number of hydrogen-bond acceptors (Lipinski definition) is 6. The molecule has 0 radical (unpaired) electrons. The van der Waals surface area contributed by atoms with Crippen molar-refractivity contribution in [1.82, 2.24) is 35.1 Å². The van der Waals surface area contributed by atoms with Crippen molar-refractivity contribution < 1.29 is 4.74 Å². The van der Waals surface area contributed by atoms with Crippen molar-refractivity contribution in [2.24, 2.45) is 0 Å². The number of aromatic amines is 1. The topological polar surface area (TPSA) is 93.0 Å². The van der Waals surface area contributed by atoms with Crippen molar-refractivity contribution in [2.75, 3.05) is 20.2 Å². The number of rotatable bonds is 5. The number of methoxy groups -OCH3 is 1. The van der Waals surface area contributed by atoms with Crippen LogP contribution in [0.2, 0.25) is 0 Å². The van der Waals surface area contributed by atoms with E-state index in [-0.39, 0.29) is 5.92 Å².